The number of hydrogen-bond acceptors (Lipinski definition) is 2. The molecule has 56 valence electrons. The summed E-state index contributed by atoms with van der Waals surface area (Å²) in [5.41, 5.74) is 0. The molecule has 0 spiro atoms. The average Bonchev–Trinajstić information content (AvgIpc) is 1.87. The molecule has 0 radical (unpaired) electrons. The van der Waals surface area contributed by atoms with Gasteiger partial charge in [-0.15, -0.1) is 0 Å². The second kappa shape index (κ2) is 3.71. The molecule has 0 atom stereocenters. The van der Waals surface area contributed by atoms with Gasteiger partial charge in [0.05, 0.1) is 6.26 Å². The van der Waals surface area contributed by atoms with Gasteiger partial charge in [-0.3, -0.25) is 0 Å². The molecule has 5 heteroatoms. The van der Waals surface area contributed by atoms with E-state index in [1.807, 2.05) is 0 Å². The Bertz CT molecular complexity index is 181. The van der Waals surface area contributed by atoms with E-state index in [4.69, 9.17) is 0 Å². The Morgan fingerprint density at radius 3 is 2.20 bits per heavy atom. The van der Waals surface area contributed by atoms with Crippen LogP contribution in [0.2, 0.25) is 0 Å². The molecule has 0 saturated heterocycles. The Hall–Kier alpha value is -1.26. The van der Waals surface area contributed by atoms with Gasteiger partial charge in [-0.05, 0) is 0 Å². The zero-order chi connectivity index (χ0) is 8.15. The summed E-state index contributed by atoms with van der Waals surface area (Å²) in [6.45, 7) is 2.87. The number of halogens is 3. The molecular weight excluding hydrogens is 149 g/mol. The minimum absolute atomic E-state index is 0.560. The maximum absolute atomic E-state index is 11.7. The SMILES string of the molecule is C=COC(=O)C(F)=C(F)F. The standard InChI is InChI=1S/C5H3F3O2/c1-2-10-5(9)3(6)4(7)8/h2H,1H2. The Morgan fingerprint density at radius 2 is 1.90 bits per heavy atom. The topological polar surface area (TPSA) is 26.3 Å². The third-order valence-corrected chi connectivity index (χ3v) is 0.536. The molecule has 0 aliphatic carbocycles. The maximum Gasteiger partial charge on any atom is 0.377 e. The molecule has 0 unspecified atom stereocenters. The molecule has 0 saturated carbocycles. The second-order valence-electron chi connectivity index (χ2n) is 1.15. The fourth-order valence-corrected chi connectivity index (χ4v) is 0.205. The van der Waals surface area contributed by atoms with Crippen molar-refractivity contribution in [2.45, 2.75) is 0 Å². The third kappa shape index (κ3) is 2.34. The van der Waals surface area contributed by atoms with Crippen LogP contribution in [0.25, 0.3) is 0 Å². The number of carbonyl (C=O) groups is 1. The first-order valence-electron chi connectivity index (χ1n) is 2.12. The van der Waals surface area contributed by atoms with E-state index >= 15 is 0 Å². The van der Waals surface area contributed by atoms with Gasteiger partial charge in [-0.25, -0.2) is 4.79 Å². The fraction of sp³-hybridized carbons (Fsp3) is 0. The lowest BCUT2D eigenvalue weighted by Gasteiger charge is -1.91. The molecule has 10 heavy (non-hydrogen) atoms. The summed E-state index contributed by atoms with van der Waals surface area (Å²) in [6.07, 6.45) is -2.14. The van der Waals surface area contributed by atoms with Gasteiger partial charge < -0.3 is 4.74 Å². The molecule has 0 bridgehead atoms. The van der Waals surface area contributed by atoms with Crippen LogP contribution in [-0.2, 0) is 9.53 Å². The molecule has 0 aromatic heterocycles. The number of carbonyl (C=O) groups excluding carboxylic acids is 1. The maximum atomic E-state index is 11.7. The Labute approximate surface area is 54.6 Å². The van der Waals surface area contributed by atoms with E-state index in [0.717, 1.165) is 0 Å². The van der Waals surface area contributed by atoms with Crippen LogP contribution >= 0.6 is 0 Å². The van der Waals surface area contributed by atoms with Crippen LogP contribution in [0.1, 0.15) is 0 Å². The van der Waals surface area contributed by atoms with E-state index < -0.39 is 17.9 Å². The van der Waals surface area contributed by atoms with Crippen molar-refractivity contribution < 1.29 is 22.7 Å². The molecule has 0 N–H and O–H groups in total. The van der Waals surface area contributed by atoms with E-state index in [1.54, 1.807) is 0 Å². The van der Waals surface area contributed by atoms with E-state index in [9.17, 15) is 18.0 Å². The van der Waals surface area contributed by atoms with Crippen LogP contribution in [0.3, 0.4) is 0 Å². The van der Waals surface area contributed by atoms with Gasteiger partial charge in [0.1, 0.15) is 0 Å². The number of hydrogen-bond donors (Lipinski definition) is 0. The molecule has 0 aromatic carbocycles. The number of ether oxygens (including phenoxy) is 1. The van der Waals surface area contributed by atoms with Crippen LogP contribution in [-0.4, -0.2) is 5.97 Å². The molecular formula is C5H3F3O2. The largest absolute Gasteiger partial charge is 0.430 e. The summed E-state index contributed by atoms with van der Waals surface area (Å²) in [4.78, 5) is 9.98. The molecule has 0 fully saturated rings. The van der Waals surface area contributed by atoms with E-state index in [1.165, 1.54) is 0 Å². The zero-order valence-corrected chi connectivity index (χ0v) is 4.73. The Kier molecular flexibility index (Phi) is 3.24. The van der Waals surface area contributed by atoms with Crippen molar-refractivity contribution in [3.05, 3.63) is 24.7 Å². The lowest BCUT2D eigenvalue weighted by molar-refractivity contribution is -0.135. The van der Waals surface area contributed by atoms with E-state index in [-0.39, 0.29) is 0 Å². The van der Waals surface area contributed by atoms with Crippen molar-refractivity contribution in [2.75, 3.05) is 0 Å². The summed E-state index contributed by atoms with van der Waals surface area (Å²) in [6, 6.07) is 0. The van der Waals surface area contributed by atoms with Gasteiger partial charge in [0.15, 0.2) is 0 Å². The van der Waals surface area contributed by atoms with Crippen LogP contribution in [0.15, 0.2) is 24.7 Å². The fourth-order valence-electron chi connectivity index (χ4n) is 0.205. The first-order chi connectivity index (χ1) is 4.59. The van der Waals surface area contributed by atoms with Crippen molar-refractivity contribution in [1.82, 2.24) is 0 Å². The van der Waals surface area contributed by atoms with Crippen molar-refractivity contribution in [2.24, 2.45) is 0 Å². The normalized spacial score (nSPS) is 8.30. The van der Waals surface area contributed by atoms with Gasteiger partial charge in [-0.2, -0.15) is 13.2 Å². The molecule has 0 aliphatic heterocycles. The van der Waals surface area contributed by atoms with Gasteiger partial charge in [0.2, 0.25) is 0 Å². The summed E-state index contributed by atoms with van der Waals surface area (Å²) in [5.74, 6) is -3.94. The lowest BCUT2D eigenvalue weighted by atomic mass is 10.6. The van der Waals surface area contributed by atoms with Crippen LogP contribution in [0.4, 0.5) is 13.2 Å². The summed E-state index contributed by atoms with van der Waals surface area (Å²) in [5, 5.41) is 0. The third-order valence-electron chi connectivity index (χ3n) is 0.536. The van der Waals surface area contributed by atoms with E-state index in [2.05, 4.69) is 11.3 Å². The van der Waals surface area contributed by atoms with Crippen LogP contribution in [0, 0.1) is 0 Å². The van der Waals surface area contributed by atoms with Crippen molar-refractivity contribution in [3.63, 3.8) is 0 Å². The summed E-state index contributed by atoms with van der Waals surface area (Å²) >= 11 is 0. The second-order valence-corrected chi connectivity index (χ2v) is 1.15. The molecule has 0 aromatic rings. The molecule has 0 amide bonds. The summed E-state index contributed by atoms with van der Waals surface area (Å²) in [7, 11) is 0. The monoisotopic (exact) mass is 152 g/mol. The molecule has 0 aliphatic rings. The average molecular weight is 152 g/mol. The highest BCUT2D eigenvalue weighted by molar-refractivity contribution is 5.86. The lowest BCUT2D eigenvalue weighted by Crippen LogP contribution is -1.99. The number of rotatable bonds is 2. The van der Waals surface area contributed by atoms with E-state index in [0.29, 0.717) is 6.26 Å². The zero-order valence-electron chi connectivity index (χ0n) is 4.73. The quantitative estimate of drug-likeness (QED) is 0.342. The first-order valence-corrected chi connectivity index (χ1v) is 2.12. The first kappa shape index (κ1) is 8.74. The highest BCUT2D eigenvalue weighted by atomic mass is 19.3. The van der Waals surface area contributed by atoms with Gasteiger partial charge >= 0.3 is 12.0 Å². The Balaban J connectivity index is 4.22. The molecule has 2 nitrogen and oxygen atoms in total. The predicted molar refractivity (Wildman–Crippen MR) is 26.6 cm³/mol. The smallest absolute Gasteiger partial charge is 0.377 e. The van der Waals surface area contributed by atoms with Crippen LogP contribution < -0.4 is 0 Å². The van der Waals surface area contributed by atoms with Gasteiger partial charge in [0.25, 0.3) is 5.83 Å². The molecule has 0 rings (SSSR count). The minimum atomic E-state index is -2.70. The highest BCUT2D eigenvalue weighted by Crippen LogP contribution is 2.10. The summed E-state index contributed by atoms with van der Waals surface area (Å²) < 4.78 is 37.7. The number of esters is 1. The highest BCUT2D eigenvalue weighted by Gasteiger charge is 2.15. The Morgan fingerprint density at radius 1 is 1.40 bits per heavy atom. The van der Waals surface area contributed by atoms with Gasteiger partial charge in [-0.1, -0.05) is 6.58 Å². The van der Waals surface area contributed by atoms with Gasteiger partial charge in [0, 0.05) is 0 Å². The van der Waals surface area contributed by atoms with Crippen molar-refractivity contribution >= 4 is 5.97 Å². The van der Waals surface area contributed by atoms with Crippen LogP contribution in [0.5, 0.6) is 0 Å². The molecule has 0 heterocycles. The van der Waals surface area contributed by atoms with Crippen molar-refractivity contribution in [3.8, 4) is 0 Å². The predicted octanol–water partition coefficient (Wildman–Crippen LogP) is 1.75. The minimum Gasteiger partial charge on any atom is -0.430 e. The van der Waals surface area contributed by atoms with Crippen molar-refractivity contribution in [1.29, 1.82) is 0 Å².